The van der Waals surface area contributed by atoms with E-state index >= 15 is 0 Å². The third-order valence-corrected chi connectivity index (χ3v) is 3.51. The average molecular weight is 221 g/mol. The van der Waals surface area contributed by atoms with E-state index in [0.29, 0.717) is 6.54 Å². The fourth-order valence-electron chi connectivity index (χ4n) is 1.57. The molecule has 4 nitrogen and oxygen atoms in total. The minimum atomic E-state index is 0.189. The van der Waals surface area contributed by atoms with Crippen LogP contribution in [0.25, 0.3) is 4.96 Å². The zero-order valence-electron chi connectivity index (χ0n) is 8.14. The van der Waals surface area contributed by atoms with Gasteiger partial charge < -0.3 is 5.32 Å². The monoisotopic (exact) mass is 221 g/mol. The number of carbonyl (C=O) groups excluding carboxylic acids is 1. The molecule has 2 aromatic rings. The van der Waals surface area contributed by atoms with E-state index < -0.39 is 0 Å². The van der Waals surface area contributed by atoms with Crippen LogP contribution in [0, 0.1) is 5.92 Å². The largest absolute Gasteiger partial charge is 0.350 e. The molecule has 1 fully saturated rings. The second kappa shape index (κ2) is 3.34. The Kier molecular flexibility index (Phi) is 1.98. The van der Waals surface area contributed by atoms with E-state index in [9.17, 15) is 4.79 Å². The van der Waals surface area contributed by atoms with Gasteiger partial charge in [0.2, 0.25) is 5.91 Å². The number of thiazole rings is 1. The van der Waals surface area contributed by atoms with Gasteiger partial charge in [0.1, 0.15) is 0 Å². The zero-order chi connectivity index (χ0) is 10.3. The Morgan fingerprint density at radius 3 is 3.33 bits per heavy atom. The van der Waals surface area contributed by atoms with Gasteiger partial charge in [-0.1, -0.05) is 0 Å². The quantitative estimate of drug-likeness (QED) is 0.852. The van der Waals surface area contributed by atoms with Crippen molar-refractivity contribution in [2.45, 2.75) is 19.4 Å². The summed E-state index contributed by atoms with van der Waals surface area (Å²) in [5, 5.41) is 4.99. The predicted molar refractivity (Wildman–Crippen MR) is 57.6 cm³/mol. The maximum Gasteiger partial charge on any atom is 0.223 e. The number of hydrogen-bond donors (Lipinski definition) is 1. The maximum atomic E-state index is 11.4. The molecule has 1 aliphatic rings. The highest BCUT2D eigenvalue weighted by Gasteiger charge is 2.29. The summed E-state index contributed by atoms with van der Waals surface area (Å²) in [6, 6.07) is 0. The van der Waals surface area contributed by atoms with E-state index in [2.05, 4.69) is 10.3 Å². The summed E-state index contributed by atoms with van der Waals surface area (Å²) >= 11 is 1.60. The standard InChI is InChI=1S/C10H11N3OS/c14-9(7-1-2-7)12-5-8-6-15-10-11-3-4-13(8)10/h3-4,6-7H,1-2,5H2,(H,12,14). The van der Waals surface area contributed by atoms with Gasteiger partial charge in [-0.15, -0.1) is 11.3 Å². The molecule has 0 aromatic carbocycles. The Bertz CT molecular complexity index is 497. The number of aromatic nitrogens is 2. The van der Waals surface area contributed by atoms with Gasteiger partial charge in [0.05, 0.1) is 12.2 Å². The topological polar surface area (TPSA) is 46.4 Å². The summed E-state index contributed by atoms with van der Waals surface area (Å²) in [6.45, 7) is 0.603. The average Bonchev–Trinajstić information content (AvgIpc) is 2.86. The molecular weight excluding hydrogens is 210 g/mol. The van der Waals surface area contributed by atoms with Gasteiger partial charge in [0.15, 0.2) is 4.96 Å². The van der Waals surface area contributed by atoms with Crippen molar-refractivity contribution in [3.8, 4) is 0 Å². The van der Waals surface area contributed by atoms with Gasteiger partial charge in [0.25, 0.3) is 0 Å². The molecule has 0 atom stereocenters. The third-order valence-electron chi connectivity index (χ3n) is 2.61. The molecule has 5 heteroatoms. The van der Waals surface area contributed by atoms with E-state index in [4.69, 9.17) is 0 Å². The third kappa shape index (κ3) is 1.63. The molecule has 0 aliphatic heterocycles. The van der Waals surface area contributed by atoms with E-state index in [-0.39, 0.29) is 11.8 Å². The first-order chi connectivity index (χ1) is 7.34. The molecule has 2 aromatic heterocycles. The molecule has 0 saturated heterocycles. The van der Waals surface area contributed by atoms with Crippen LogP contribution < -0.4 is 5.32 Å². The molecule has 3 rings (SSSR count). The number of fused-ring (bicyclic) bond motifs is 1. The molecule has 15 heavy (non-hydrogen) atoms. The first-order valence-corrected chi connectivity index (χ1v) is 5.90. The van der Waals surface area contributed by atoms with Crippen LogP contribution in [0.4, 0.5) is 0 Å². The highest BCUT2D eigenvalue weighted by molar-refractivity contribution is 7.15. The highest BCUT2D eigenvalue weighted by Crippen LogP contribution is 2.28. The first-order valence-electron chi connectivity index (χ1n) is 5.02. The number of imidazole rings is 1. The smallest absolute Gasteiger partial charge is 0.223 e. The molecule has 0 bridgehead atoms. The molecule has 1 amide bonds. The minimum absolute atomic E-state index is 0.189. The molecule has 0 unspecified atom stereocenters. The van der Waals surface area contributed by atoms with Crippen molar-refractivity contribution >= 4 is 22.2 Å². The highest BCUT2D eigenvalue weighted by atomic mass is 32.1. The minimum Gasteiger partial charge on any atom is -0.350 e. The lowest BCUT2D eigenvalue weighted by molar-refractivity contribution is -0.122. The normalized spacial score (nSPS) is 15.7. The summed E-state index contributed by atoms with van der Waals surface area (Å²) in [7, 11) is 0. The Labute approximate surface area is 90.9 Å². The number of carbonyl (C=O) groups is 1. The number of nitrogens with one attached hydrogen (secondary N) is 1. The molecule has 1 aliphatic carbocycles. The fourth-order valence-corrected chi connectivity index (χ4v) is 2.42. The van der Waals surface area contributed by atoms with Crippen LogP contribution in [0.1, 0.15) is 18.5 Å². The lowest BCUT2D eigenvalue weighted by atomic mass is 10.4. The van der Waals surface area contributed by atoms with Crippen LogP contribution in [-0.4, -0.2) is 15.3 Å². The summed E-state index contributed by atoms with van der Waals surface area (Å²) in [4.78, 5) is 16.6. The van der Waals surface area contributed by atoms with Gasteiger partial charge in [-0.25, -0.2) is 4.98 Å². The van der Waals surface area contributed by atoms with Gasteiger partial charge in [-0.2, -0.15) is 0 Å². The Morgan fingerprint density at radius 2 is 2.53 bits per heavy atom. The Balaban J connectivity index is 1.72. The van der Waals surface area contributed by atoms with Crippen molar-refractivity contribution in [3.63, 3.8) is 0 Å². The van der Waals surface area contributed by atoms with Crippen molar-refractivity contribution in [3.05, 3.63) is 23.5 Å². The molecule has 2 heterocycles. The van der Waals surface area contributed by atoms with Crippen molar-refractivity contribution in [2.24, 2.45) is 5.92 Å². The second-order valence-corrected chi connectivity index (χ2v) is 4.64. The van der Waals surface area contributed by atoms with Crippen LogP contribution in [0.2, 0.25) is 0 Å². The lowest BCUT2D eigenvalue weighted by Crippen LogP contribution is -2.24. The predicted octanol–water partition coefficient (Wildman–Crippen LogP) is 1.42. The van der Waals surface area contributed by atoms with Crippen LogP contribution in [0.3, 0.4) is 0 Å². The van der Waals surface area contributed by atoms with Gasteiger partial charge in [0, 0.05) is 23.7 Å². The molecule has 0 spiro atoms. The second-order valence-electron chi connectivity index (χ2n) is 3.80. The first kappa shape index (κ1) is 8.91. The van der Waals surface area contributed by atoms with Gasteiger partial charge in [-0.3, -0.25) is 9.20 Å². The molecule has 1 N–H and O–H groups in total. The number of amides is 1. The van der Waals surface area contributed by atoms with Gasteiger partial charge in [-0.05, 0) is 12.8 Å². The van der Waals surface area contributed by atoms with Crippen molar-refractivity contribution in [1.29, 1.82) is 0 Å². The van der Waals surface area contributed by atoms with Crippen LogP contribution in [-0.2, 0) is 11.3 Å². The Morgan fingerprint density at radius 1 is 1.67 bits per heavy atom. The van der Waals surface area contributed by atoms with E-state index in [0.717, 1.165) is 23.5 Å². The number of nitrogens with zero attached hydrogens (tertiary/aromatic N) is 2. The van der Waals surface area contributed by atoms with E-state index in [1.165, 1.54) is 0 Å². The molecule has 0 radical (unpaired) electrons. The van der Waals surface area contributed by atoms with Crippen molar-refractivity contribution in [2.75, 3.05) is 0 Å². The van der Waals surface area contributed by atoms with E-state index in [1.54, 1.807) is 17.5 Å². The number of rotatable bonds is 3. The molecular formula is C10H11N3OS. The summed E-state index contributed by atoms with van der Waals surface area (Å²) in [5.74, 6) is 0.469. The summed E-state index contributed by atoms with van der Waals surface area (Å²) in [6.07, 6.45) is 5.80. The fraction of sp³-hybridized carbons (Fsp3) is 0.400. The van der Waals surface area contributed by atoms with Crippen LogP contribution in [0.5, 0.6) is 0 Å². The molecule has 1 saturated carbocycles. The summed E-state index contributed by atoms with van der Waals surface area (Å²) < 4.78 is 2.01. The summed E-state index contributed by atoms with van der Waals surface area (Å²) in [5.41, 5.74) is 1.10. The van der Waals surface area contributed by atoms with Crippen LogP contribution >= 0.6 is 11.3 Å². The van der Waals surface area contributed by atoms with E-state index in [1.807, 2.05) is 16.0 Å². The maximum absolute atomic E-state index is 11.4. The number of hydrogen-bond acceptors (Lipinski definition) is 3. The van der Waals surface area contributed by atoms with Crippen molar-refractivity contribution < 1.29 is 4.79 Å². The lowest BCUT2D eigenvalue weighted by Gasteiger charge is -2.02. The SMILES string of the molecule is O=C(NCc1csc2nccn12)C1CC1. The van der Waals surface area contributed by atoms with Gasteiger partial charge >= 0.3 is 0 Å². The zero-order valence-corrected chi connectivity index (χ0v) is 8.96. The van der Waals surface area contributed by atoms with Crippen molar-refractivity contribution in [1.82, 2.24) is 14.7 Å². The molecule has 78 valence electrons. The van der Waals surface area contributed by atoms with Crippen LogP contribution in [0.15, 0.2) is 17.8 Å². The Hall–Kier alpha value is -1.36.